The summed E-state index contributed by atoms with van der Waals surface area (Å²) in [6, 6.07) is 5.02. The Morgan fingerprint density at radius 1 is 1.56 bits per heavy atom. The number of hydrazine groups is 1. The molecule has 0 heterocycles. The highest BCUT2D eigenvalue weighted by Gasteiger charge is 2.26. The molecule has 0 spiro atoms. The maximum absolute atomic E-state index is 13.5. The maximum Gasteiger partial charge on any atom is 0.165 e. The molecule has 88 valence electrons. The predicted molar refractivity (Wildman–Crippen MR) is 60.4 cm³/mol. The summed E-state index contributed by atoms with van der Waals surface area (Å²) >= 11 is 0. The van der Waals surface area contributed by atoms with Crippen molar-refractivity contribution in [3.63, 3.8) is 0 Å². The number of hydrogen-bond donors (Lipinski definition) is 2. The average molecular weight is 224 g/mol. The molecule has 1 unspecified atom stereocenters. The van der Waals surface area contributed by atoms with Crippen molar-refractivity contribution in [2.24, 2.45) is 11.8 Å². The molecule has 3 nitrogen and oxygen atoms in total. The van der Waals surface area contributed by atoms with Gasteiger partial charge in [-0.25, -0.2) is 4.39 Å². The van der Waals surface area contributed by atoms with Crippen molar-refractivity contribution in [2.45, 2.75) is 25.3 Å². The van der Waals surface area contributed by atoms with Gasteiger partial charge in [0.15, 0.2) is 11.6 Å². The van der Waals surface area contributed by atoms with Crippen LogP contribution in [0, 0.1) is 11.7 Å². The molecule has 3 N–H and O–H groups in total. The van der Waals surface area contributed by atoms with Crippen LogP contribution in [0.1, 0.15) is 30.9 Å². The second kappa shape index (κ2) is 4.80. The molecule has 1 atom stereocenters. The molecule has 1 saturated carbocycles. The fourth-order valence-corrected chi connectivity index (χ4v) is 1.89. The van der Waals surface area contributed by atoms with Gasteiger partial charge in [-0.2, -0.15) is 0 Å². The van der Waals surface area contributed by atoms with Crippen LogP contribution in [0.4, 0.5) is 4.39 Å². The molecular weight excluding hydrogens is 207 g/mol. The highest BCUT2D eigenvalue weighted by atomic mass is 19.1. The van der Waals surface area contributed by atoms with E-state index in [1.165, 1.54) is 26.0 Å². The Balaban J connectivity index is 2.13. The molecule has 16 heavy (non-hydrogen) atoms. The van der Waals surface area contributed by atoms with Crippen LogP contribution in [0.3, 0.4) is 0 Å². The van der Waals surface area contributed by atoms with Gasteiger partial charge in [0.2, 0.25) is 0 Å². The molecule has 0 radical (unpaired) electrons. The number of methoxy groups -OCH3 is 1. The van der Waals surface area contributed by atoms with E-state index >= 15 is 0 Å². The van der Waals surface area contributed by atoms with E-state index in [-0.39, 0.29) is 17.6 Å². The Morgan fingerprint density at radius 2 is 2.31 bits per heavy atom. The van der Waals surface area contributed by atoms with E-state index in [2.05, 4.69) is 5.43 Å². The van der Waals surface area contributed by atoms with Gasteiger partial charge >= 0.3 is 0 Å². The van der Waals surface area contributed by atoms with Crippen LogP contribution in [0.2, 0.25) is 0 Å². The van der Waals surface area contributed by atoms with E-state index in [1.54, 1.807) is 6.07 Å². The minimum absolute atomic E-state index is 0.0351. The molecule has 0 saturated heterocycles. The van der Waals surface area contributed by atoms with Gasteiger partial charge in [-0.05, 0) is 30.0 Å². The van der Waals surface area contributed by atoms with Gasteiger partial charge in [-0.15, -0.1) is 0 Å². The number of ether oxygens (including phenoxy) is 1. The zero-order chi connectivity index (χ0) is 11.5. The van der Waals surface area contributed by atoms with Crippen LogP contribution in [-0.2, 0) is 0 Å². The molecule has 0 bridgehead atoms. The summed E-state index contributed by atoms with van der Waals surface area (Å²) in [6.07, 6.45) is 3.50. The molecule has 1 aliphatic carbocycles. The number of benzene rings is 1. The van der Waals surface area contributed by atoms with E-state index in [9.17, 15) is 4.39 Å². The van der Waals surface area contributed by atoms with E-state index in [0.717, 1.165) is 17.9 Å². The van der Waals surface area contributed by atoms with E-state index in [0.29, 0.717) is 0 Å². The Morgan fingerprint density at radius 3 is 2.81 bits per heavy atom. The van der Waals surface area contributed by atoms with Gasteiger partial charge in [-0.1, -0.05) is 18.9 Å². The number of hydrogen-bond acceptors (Lipinski definition) is 3. The summed E-state index contributed by atoms with van der Waals surface area (Å²) in [5, 5.41) is 0. The zero-order valence-corrected chi connectivity index (χ0v) is 9.37. The summed E-state index contributed by atoms with van der Waals surface area (Å²) in [6.45, 7) is 0. The third-order valence-corrected chi connectivity index (χ3v) is 3.05. The van der Waals surface area contributed by atoms with Gasteiger partial charge in [0, 0.05) is 6.04 Å². The normalized spacial score (nSPS) is 17.2. The number of nitrogens with two attached hydrogens (primary N) is 1. The minimum atomic E-state index is -0.337. The monoisotopic (exact) mass is 224 g/mol. The fourth-order valence-electron chi connectivity index (χ4n) is 1.89. The molecule has 1 aromatic carbocycles. The van der Waals surface area contributed by atoms with Crippen LogP contribution in [0.5, 0.6) is 5.75 Å². The van der Waals surface area contributed by atoms with Crippen molar-refractivity contribution in [2.75, 3.05) is 7.11 Å². The van der Waals surface area contributed by atoms with Crippen molar-refractivity contribution in [3.05, 3.63) is 29.6 Å². The molecular formula is C12H17FN2O. The van der Waals surface area contributed by atoms with Crippen molar-refractivity contribution < 1.29 is 9.13 Å². The Kier molecular flexibility index (Phi) is 3.41. The van der Waals surface area contributed by atoms with Crippen molar-refractivity contribution in [1.29, 1.82) is 0 Å². The van der Waals surface area contributed by atoms with Gasteiger partial charge in [0.1, 0.15) is 0 Å². The first-order valence-corrected chi connectivity index (χ1v) is 5.54. The molecule has 0 amide bonds. The maximum atomic E-state index is 13.5. The summed E-state index contributed by atoms with van der Waals surface area (Å²) in [5.41, 5.74) is 3.63. The van der Waals surface area contributed by atoms with Crippen LogP contribution in [0.15, 0.2) is 18.2 Å². The van der Waals surface area contributed by atoms with Crippen LogP contribution in [0.25, 0.3) is 0 Å². The molecule has 2 rings (SSSR count). The second-order valence-corrected chi connectivity index (χ2v) is 4.29. The third-order valence-electron chi connectivity index (χ3n) is 3.05. The number of nitrogens with one attached hydrogen (secondary N) is 1. The lowest BCUT2D eigenvalue weighted by atomic mass is 10.0. The topological polar surface area (TPSA) is 47.3 Å². The van der Waals surface area contributed by atoms with Crippen molar-refractivity contribution in [3.8, 4) is 5.75 Å². The predicted octanol–water partition coefficient (Wildman–Crippen LogP) is 2.14. The summed E-state index contributed by atoms with van der Waals surface area (Å²) < 4.78 is 18.4. The molecule has 1 fully saturated rings. The third kappa shape index (κ3) is 2.51. The first kappa shape index (κ1) is 11.4. The number of rotatable bonds is 5. The van der Waals surface area contributed by atoms with Crippen molar-refractivity contribution in [1.82, 2.24) is 5.43 Å². The van der Waals surface area contributed by atoms with Gasteiger partial charge in [-0.3, -0.25) is 11.3 Å². The second-order valence-electron chi connectivity index (χ2n) is 4.29. The average Bonchev–Trinajstić information content (AvgIpc) is 3.09. The van der Waals surface area contributed by atoms with Crippen LogP contribution >= 0.6 is 0 Å². The molecule has 1 aromatic rings. The van der Waals surface area contributed by atoms with Crippen LogP contribution < -0.4 is 16.0 Å². The first-order valence-electron chi connectivity index (χ1n) is 5.54. The van der Waals surface area contributed by atoms with E-state index in [4.69, 9.17) is 10.6 Å². The SMILES string of the molecule is COc1ccc(C(CC2CC2)NN)cc1F. The lowest BCUT2D eigenvalue weighted by molar-refractivity contribution is 0.385. The lowest BCUT2D eigenvalue weighted by Crippen LogP contribution is -2.28. The molecule has 0 aromatic heterocycles. The Labute approximate surface area is 94.8 Å². The minimum Gasteiger partial charge on any atom is -0.494 e. The smallest absolute Gasteiger partial charge is 0.165 e. The standard InChI is InChI=1S/C12H17FN2O/c1-16-12-5-4-9(7-10(12)13)11(15-14)6-8-2-3-8/h4-5,7-8,11,15H,2-3,6,14H2,1H3. The van der Waals surface area contributed by atoms with Crippen molar-refractivity contribution >= 4 is 0 Å². The van der Waals surface area contributed by atoms with Gasteiger partial charge < -0.3 is 4.74 Å². The quantitative estimate of drug-likeness (QED) is 0.595. The Bertz CT molecular complexity index is 366. The van der Waals surface area contributed by atoms with E-state index < -0.39 is 0 Å². The van der Waals surface area contributed by atoms with Gasteiger partial charge in [0.05, 0.1) is 7.11 Å². The fraction of sp³-hybridized carbons (Fsp3) is 0.500. The highest BCUT2D eigenvalue weighted by molar-refractivity contribution is 5.31. The largest absolute Gasteiger partial charge is 0.494 e. The number of halogens is 1. The molecule has 0 aliphatic heterocycles. The lowest BCUT2D eigenvalue weighted by Gasteiger charge is -2.16. The zero-order valence-electron chi connectivity index (χ0n) is 9.37. The first-order chi connectivity index (χ1) is 7.74. The highest BCUT2D eigenvalue weighted by Crippen LogP contribution is 2.37. The summed E-state index contributed by atoms with van der Waals surface area (Å²) in [5.74, 6) is 6.17. The van der Waals surface area contributed by atoms with E-state index in [1.807, 2.05) is 6.07 Å². The van der Waals surface area contributed by atoms with Crippen LogP contribution in [-0.4, -0.2) is 7.11 Å². The molecule has 1 aliphatic rings. The summed E-state index contributed by atoms with van der Waals surface area (Å²) in [4.78, 5) is 0. The molecule has 4 heteroatoms. The summed E-state index contributed by atoms with van der Waals surface area (Å²) in [7, 11) is 1.46. The Hall–Kier alpha value is -1.13. The van der Waals surface area contributed by atoms with Gasteiger partial charge in [0.25, 0.3) is 0 Å².